The smallest absolute Gasteiger partial charge is 0.200 e. The molecule has 0 saturated carbocycles. The molecular weight excluding hydrogens is 260 g/mol. The van der Waals surface area contributed by atoms with Crippen LogP contribution < -0.4 is 4.74 Å². The molecule has 0 aromatic heterocycles. The fraction of sp³-hybridized carbons (Fsp3) is 0.211. The first-order valence-corrected chi connectivity index (χ1v) is 7.04. The number of allylic oxidation sites excluding steroid dienone is 1. The van der Waals surface area contributed by atoms with E-state index in [1.54, 1.807) is 0 Å². The van der Waals surface area contributed by atoms with Gasteiger partial charge < -0.3 is 4.74 Å². The van der Waals surface area contributed by atoms with Crippen molar-refractivity contribution in [3.05, 3.63) is 77.4 Å². The summed E-state index contributed by atoms with van der Waals surface area (Å²) in [6, 6.07) is 13.6. The minimum absolute atomic E-state index is 0.000839. The summed E-state index contributed by atoms with van der Waals surface area (Å²) in [5, 5.41) is 0. The Morgan fingerprint density at radius 2 is 1.95 bits per heavy atom. The molecule has 0 radical (unpaired) electrons. The van der Waals surface area contributed by atoms with E-state index in [9.17, 15) is 4.79 Å². The van der Waals surface area contributed by atoms with Gasteiger partial charge in [-0.15, -0.1) is 6.58 Å². The second kappa shape index (κ2) is 6.89. The SMILES string of the molecule is C=CCc1ccccc1OCC(=O)c1ccc(C)cc1C. The Labute approximate surface area is 126 Å². The fourth-order valence-corrected chi connectivity index (χ4v) is 2.32. The number of ether oxygens (including phenoxy) is 1. The van der Waals surface area contributed by atoms with Crippen molar-refractivity contribution in [1.29, 1.82) is 0 Å². The second-order valence-corrected chi connectivity index (χ2v) is 5.13. The summed E-state index contributed by atoms with van der Waals surface area (Å²) in [5.41, 5.74) is 3.91. The molecular formula is C19H20O2. The maximum absolute atomic E-state index is 12.3. The molecule has 0 heterocycles. The number of aryl methyl sites for hydroxylation is 2. The maximum atomic E-state index is 12.3. The summed E-state index contributed by atoms with van der Waals surface area (Å²) in [5.74, 6) is 0.747. The Hall–Kier alpha value is -2.35. The van der Waals surface area contributed by atoms with Crippen LogP contribution in [0.15, 0.2) is 55.1 Å². The molecule has 2 rings (SSSR count). The summed E-state index contributed by atoms with van der Waals surface area (Å²) in [7, 11) is 0. The van der Waals surface area contributed by atoms with Crippen LogP contribution in [0.3, 0.4) is 0 Å². The van der Waals surface area contributed by atoms with Gasteiger partial charge in [-0.25, -0.2) is 0 Å². The van der Waals surface area contributed by atoms with Gasteiger partial charge in [-0.1, -0.05) is 48.0 Å². The van der Waals surface area contributed by atoms with E-state index >= 15 is 0 Å². The predicted octanol–water partition coefficient (Wildman–Crippen LogP) is 4.29. The van der Waals surface area contributed by atoms with E-state index in [-0.39, 0.29) is 12.4 Å². The van der Waals surface area contributed by atoms with Crippen LogP contribution >= 0.6 is 0 Å². The molecule has 0 N–H and O–H groups in total. The van der Waals surface area contributed by atoms with Gasteiger partial charge in [0.15, 0.2) is 12.4 Å². The lowest BCUT2D eigenvalue weighted by Gasteiger charge is -2.11. The van der Waals surface area contributed by atoms with Crippen LogP contribution in [0.25, 0.3) is 0 Å². The van der Waals surface area contributed by atoms with Crippen molar-refractivity contribution in [2.75, 3.05) is 6.61 Å². The van der Waals surface area contributed by atoms with Gasteiger partial charge in [-0.2, -0.15) is 0 Å². The van der Waals surface area contributed by atoms with Gasteiger partial charge in [0.05, 0.1) is 0 Å². The largest absolute Gasteiger partial charge is 0.485 e. The zero-order valence-corrected chi connectivity index (χ0v) is 12.6. The Bertz CT molecular complexity index is 656. The lowest BCUT2D eigenvalue weighted by Crippen LogP contribution is -2.13. The van der Waals surface area contributed by atoms with Crippen LogP contribution in [0, 0.1) is 13.8 Å². The van der Waals surface area contributed by atoms with E-state index in [4.69, 9.17) is 4.74 Å². The van der Waals surface area contributed by atoms with Crippen molar-refractivity contribution >= 4 is 5.78 Å². The van der Waals surface area contributed by atoms with E-state index in [0.717, 1.165) is 34.4 Å². The van der Waals surface area contributed by atoms with E-state index in [1.807, 2.05) is 62.4 Å². The van der Waals surface area contributed by atoms with Crippen molar-refractivity contribution < 1.29 is 9.53 Å². The van der Waals surface area contributed by atoms with E-state index < -0.39 is 0 Å². The highest BCUT2D eigenvalue weighted by molar-refractivity contribution is 5.98. The molecule has 0 bridgehead atoms. The van der Waals surface area contributed by atoms with Crippen molar-refractivity contribution in [3.63, 3.8) is 0 Å². The highest BCUT2D eigenvalue weighted by Gasteiger charge is 2.11. The Morgan fingerprint density at radius 3 is 2.67 bits per heavy atom. The minimum atomic E-state index is 0.000839. The monoisotopic (exact) mass is 280 g/mol. The molecule has 21 heavy (non-hydrogen) atoms. The number of para-hydroxylation sites is 1. The van der Waals surface area contributed by atoms with Crippen LogP contribution in [0.1, 0.15) is 27.0 Å². The Morgan fingerprint density at radius 1 is 1.19 bits per heavy atom. The van der Waals surface area contributed by atoms with Gasteiger partial charge in [-0.3, -0.25) is 4.79 Å². The molecule has 0 aliphatic heterocycles. The quantitative estimate of drug-likeness (QED) is 0.582. The van der Waals surface area contributed by atoms with Crippen LogP contribution in [0.2, 0.25) is 0 Å². The standard InChI is InChI=1S/C19H20O2/c1-4-7-16-8-5-6-9-19(16)21-13-18(20)17-11-10-14(2)12-15(17)3/h4-6,8-12H,1,7,13H2,2-3H3. The zero-order chi connectivity index (χ0) is 15.2. The Kier molecular flexibility index (Phi) is 4.94. The first kappa shape index (κ1) is 15.0. The molecule has 0 aliphatic rings. The summed E-state index contributed by atoms with van der Waals surface area (Å²) in [6.45, 7) is 7.76. The predicted molar refractivity (Wildman–Crippen MR) is 86.1 cm³/mol. The van der Waals surface area contributed by atoms with E-state index in [2.05, 4.69) is 6.58 Å². The third kappa shape index (κ3) is 3.82. The average molecular weight is 280 g/mol. The van der Waals surface area contributed by atoms with Crippen LogP contribution in [0.4, 0.5) is 0 Å². The van der Waals surface area contributed by atoms with Gasteiger partial charge in [-0.05, 0) is 37.5 Å². The molecule has 2 aromatic carbocycles. The molecule has 0 aliphatic carbocycles. The first-order chi connectivity index (χ1) is 10.1. The molecule has 0 spiro atoms. The third-order valence-corrected chi connectivity index (χ3v) is 3.38. The topological polar surface area (TPSA) is 26.3 Å². The third-order valence-electron chi connectivity index (χ3n) is 3.38. The van der Waals surface area contributed by atoms with Crippen LogP contribution in [-0.2, 0) is 6.42 Å². The number of hydrogen-bond donors (Lipinski definition) is 0. The lowest BCUT2D eigenvalue weighted by atomic mass is 10.0. The molecule has 0 amide bonds. The number of carbonyl (C=O) groups is 1. The molecule has 0 unspecified atom stereocenters. The summed E-state index contributed by atoms with van der Waals surface area (Å²) < 4.78 is 5.69. The Balaban J connectivity index is 2.09. The molecule has 2 aromatic rings. The highest BCUT2D eigenvalue weighted by Crippen LogP contribution is 2.19. The van der Waals surface area contributed by atoms with Crippen LogP contribution in [0.5, 0.6) is 5.75 Å². The molecule has 108 valence electrons. The zero-order valence-electron chi connectivity index (χ0n) is 12.6. The van der Waals surface area contributed by atoms with Gasteiger partial charge in [0.25, 0.3) is 0 Å². The summed E-state index contributed by atoms with van der Waals surface area (Å²) in [4.78, 5) is 12.3. The van der Waals surface area contributed by atoms with E-state index in [0.29, 0.717) is 0 Å². The number of carbonyl (C=O) groups excluding carboxylic acids is 1. The number of hydrogen-bond acceptors (Lipinski definition) is 2. The molecule has 2 nitrogen and oxygen atoms in total. The van der Waals surface area contributed by atoms with Gasteiger partial charge in [0, 0.05) is 5.56 Å². The van der Waals surface area contributed by atoms with E-state index in [1.165, 1.54) is 0 Å². The number of benzene rings is 2. The maximum Gasteiger partial charge on any atom is 0.200 e. The summed E-state index contributed by atoms with van der Waals surface area (Å²) in [6.07, 6.45) is 2.56. The number of ketones is 1. The fourth-order valence-electron chi connectivity index (χ4n) is 2.32. The highest BCUT2D eigenvalue weighted by atomic mass is 16.5. The molecule has 2 heteroatoms. The number of rotatable bonds is 6. The van der Waals surface area contributed by atoms with Crippen molar-refractivity contribution in [3.8, 4) is 5.75 Å². The minimum Gasteiger partial charge on any atom is -0.485 e. The lowest BCUT2D eigenvalue weighted by molar-refractivity contribution is 0.0920. The summed E-state index contributed by atoms with van der Waals surface area (Å²) >= 11 is 0. The normalized spacial score (nSPS) is 10.2. The van der Waals surface area contributed by atoms with Crippen molar-refractivity contribution in [2.45, 2.75) is 20.3 Å². The average Bonchev–Trinajstić information content (AvgIpc) is 2.46. The number of Topliss-reactive ketones (excluding diaryl/α,β-unsaturated/α-hetero) is 1. The molecule has 0 fully saturated rings. The molecule has 0 atom stereocenters. The van der Waals surface area contributed by atoms with Gasteiger partial charge in [0.2, 0.25) is 0 Å². The van der Waals surface area contributed by atoms with Crippen LogP contribution in [-0.4, -0.2) is 12.4 Å². The second-order valence-electron chi connectivity index (χ2n) is 5.13. The van der Waals surface area contributed by atoms with Gasteiger partial charge in [0.1, 0.15) is 5.75 Å². The molecule has 0 saturated heterocycles. The first-order valence-electron chi connectivity index (χ1n) is 7.04. The van der Waals surface area contributed by atoms with Crippen molar-refractivity contribution in [2.24, 2.45) is 0 Å². The van der Waals surface area contributed by atoms with Crippen molar-refractivity contribution in [1.82, 2.24) is 0 Å². The van der Waals surface area contributed by atoms with Gasteiger partial charge >= 0.3 is 0 Å².